The van der Waals surface area contributed by atoms with E-state index < -0.39 is 58.9 Å². The second kappa shape index (κ2) is 17.8. The molecule has 14 heteroatoms. The molecule has 1 aromatic heterocycles. The second-order valence-electron chi connectivity index (χ2n) is 14.8. The van der Waals surface area contributed by atoms with E-state index >= 15 is 4.39 Å². The first-order chi connectivity index (χ1) is 26.6. The lowest BCUT2D eigenvalue weighted by Gasteiger charge is -2.42. The predicted molar refractivity (Wildman–Crippen MR) is 207 cm³/mol. The summed E-state index contributed by atoms with van der Waals surface area (Å²) in [5.41, 5.74) is 6.90. The Labute approximate surface area is 324 Å². The molecule has 5 rings (SSSR count). The number of aliphatic hydroxyl groups excluding tert-OH is 1. The normalized spacial score (nSPS) is 14.4. The molecule has 0 spiro atoms. The van der Waals surface area contributed by atoms with E-state index in [9.17, 15) is 33.5 Å². The number of rotatable bonds is 17. The zero-order valence-corrected chi connectivity index (χ0v) is 31.5. The summed E-state index contributed by atoms with van der Waals surface area (Å²) in [7, 11) is 0. The van der Waals surface area contributed by atoms with Gasteiger partial charge in [-0.3, -0.25) is 19.2 Å². The van der Waals surface area contributed by atoms with Gasteiger partial charge in [0.2, 0.25) is 5.91 Å². The Morgan fingerprint density at radius 2 is 1.66 bits per heavy atom. The van der Waals surface area contributed by atoms with Gasteiger partial charge in [-0.05, 0) is 59.9 Å². The molecule has 12 nitrogen and oxygen atoms in total. The van der Waals surface area contributed by atoms with Crippen LogP contribution in [0.4, 0.5) is 14.5 Å². The van der Waals surface area contributed by atoms with E-state index in [1.54, 1.807) is 30.5 Å². The molecule has 0 fully saturated rings. The van der Waals surface area contributed by atoms with E-state index in [1.807, 2.05) is 55.7 Å². The Balaban J connectivity index is 1.30. The molecular formula is C42H46F2N6O6. The van der Waals surface area contributed by atoms with Crippen molar-refractivity contribution in [1.82, 2.24) is 20.1 Å². The maximum atomic E-state index is 15.1. The lowest BCUT2D eigenvalue weighted by atomic mass is 9.82. The van der Waals surface area contributed by atoms with Crippen molar-refractivity contribution < 1.29 is 37.9 Å². The summed E-state index contributed by atoms with van der Waals surface area (Å²) in [6.45, 7) is 5.60. The molecule has 5 N–H and O–H groups in total. The summed E-state index contributed by atoms with van der Waals surface area (Å²) in [6, 6.07) is 19.8. The first kappa shape index (κ1) is 41.3. The van der Waals surface area contributed by atoms with Gasteiger partial charge in [0.05, 0.1) is 17.3 Å². The first-order valence-corrected chi connectivity index (χ1v) is 18.1. The zero-order chi connectivity index (χ0) is 40.6. The standard InChI is InChI=1S/C42H46F2N6O6/c1-41(2,3)39(35-21-30(33-22-31(43)12-13-34(33)44)24-48(35)23-28-8-5-4-6-9-28)49(38(55)25-51)19-16-42(45,27-52)26-46-17-18-47-40(56)29-10-7-11-32(20-29)50-36(53)14-15-37(50)54/h4-15,20-22,24,27,39,46,51H,16-19,23,25-26,45H2,1-3H3,(H,47,56)/t39-,42-/m0/s1. The fourth-order valence-corrected chi connectivity index (χ4v) is 6.75. The van der Waals surface area contributed by atoms with Gasteiger partial charge in [-0.25, -0.2) is 13.7 Å². The van der Waals surface area contributed by atoms with Crippen molar-refractivity contribution in [3.63, 3.8) is 0 Å². The van der Waals surface area contributed by atoms with Crippen molar-refractivity contribution >= 4 is 35.6 Å². The largest absolute Gasteiger partial charge is 0.387 e. The quantitative estimate of drug-likeness (QED) is 0.0708. The van der Waals surface area contributed by atoms with Crippen LogP contribution in [0.5, 0.6) is 0 Å². The molecule has 0 aliphatic carbocycles. The van der Waals surface area contributed by atoms with E-state index in [4.69, 9.17) is 5.73 Å². The number of amides is 4. The molecule has 4 aromatic rings. The van der Waals surface area contributed by atoms with Gasteiger partial charge in [0.25, 0.3) is 17.7 Å². The summed E-state index contributed by atoms with van der Waals surface area (Å²) < 4.78 is 31.3. The molecular weight excluding hydrogens is 722 g/mol. The van der Waals surface area contributed by atoms with Gasteiger partial charge in [0, 0.05) is 73.5 Å². The number of imide groups is 1. The molecule has 0 radical (unpaired) electrons. The van der Waals surface area contributed by atoms with Crippen LogP contribution in [0.2, 0.25) is 0 Å². The Hall–Kier alpha value is -5.83. The average molecular weight is 769 g/mol. The third kappa shape index (κ3) is 9.88. The highest BCUT2D eigenvalue weighted by atomic mass is 19.1. The molecule has 3 aromatic carbocycles. The number of anilines is 1. The summed E-state index contributed by atoms with van der Waals surface area (Å²) >= 11 is 0. The molecule has 56 heavy (non-hydrogen) atoms. The summed E-state index contributed by atoms with van der Waals surface area (Å²) in [4.78, 5) is 65.4. The maximum Gasteiger partial charge on any atom is 0.258 e. The highest BCUT2D eigenvalue weighted by molar-refractivity contribution is 6.28. The fraction of sp³-hybridized carbons (Fsp3) is 0.310. The van der Waals surface area contributed by atoms with Gasteiger partial charge in [-0.1, -0.05) is 57.2 Å². The molecule has 0 saturated carbocycles. The smallest absolute Gasteiger partial charge is 0.258 e. The number of halogens is 2. The molecule has 0 unspecified atom stereocenters. The predicted octanol–water partition coefficient (Wildman–Crippen LogP) is 4.13. The number of hydrogen-bond donors (Lipinski definition) is 4. The number of nitrogens with one attached hydrogen (secondary N) is 2. The van der Waals surface area contributed by atoms with Crippen LogP contribution in [0.15, 0.2) is 97.2 Å². The van der Waals surface area contributed by atoms with Crippen molar-refractivity contribution in [2.24, 2.45) is 11.1 Å². The van der Waals surface area contributed by atoms with E-state index in [2.05, 4.69) is 10.6 Å². The Morgan fingerprint density at radius 1 is 0.946 bits per heavy atom. The second-order valence-corrected chi connectivity index (χ2v) is 14.8. The fourth-order valence-electron chi connectivity index (χ4n) is 6.75. The third-order valence-corrected chi connectivity index (χ3v) is 9.50. The van der Waals surface area contributed by atoms with Crippen molar-refractivity contribution in [3.8, 4) is 11.1 Å². The van der Waals surface area contributed by atoms with Crippen LogP contribution in [-0.4, -0.2) is 82.8 Å². The molecule has 0 bridgehead atoms. The van der Waals surface area contributed by atoms with Crippen LogP contribution < -0.4 is 21.3 Å². The number of nitrogens with zero attached hydrogens (tertiary/aromatic N) is 3. The number of aliphatic hydroxyl groups is 1. The monoisotopic (exact) mass is 768 g/mol. The number of aldehydes is 1. The van der Waals surface area contributed by atoms with Crippen LogP contribution in [0, 0.1) is 17.0 Å². The van der Waals surface area contributed by atoms with E-state index in [-0.39, 0.29) is 49.4 Å². The Kier molecular flexibility index (Phi) is 13.1. The molecule has 0 saturated heterocycles. The molecule has 2 heterocycles. The minimum Gasteiger partial charge on any atom is -0.387 e. The number of nitrogens with two attached hydrogens (primary N) is 1. The van der Waals surface area contributed by atoms with Crippen molar-refractivity contribution in [2.45, 2.75) is 45.3 Å². The van der Waals surface area contributed by atoms with Gasteiger partial charge in [-0.15, -0.1) is 0 Å². The number of benzene rings is 3. The van der Waals surface area contributed by atoms with E-state index in [1.165, 1.54) is 11.0 Å². The first-order valence-electron chi connectivity index (χ1n) is 18.1. The zero-order valence-electron chi connectivity index (χ0n) is 31.5. The van der Waals surface area contributed by atoms with Crippen LogP contribution in [0.25, 0.3) is 11.1 Å². The van der Waals surface area contributed by atoms with Gasteiger partial charge in [0.1, 0.15) is 24.5 Å². The highest BCUT2D eigenvalue weighted by Crippen LogP contribution is 2.41. The summed E-state index contributed by atoms with van der Waals surface area (Å²) in [6.07, 6.45) is 4.61. The third-order valence-electron chi connectivity index (χ3n) is 9.50. The summed E-state index contributed by atoms with van der Waals surface area (Å²) in [5, 5.41) is 16.0. The molecule has 2 atom stereocenters. The average Bonchev–Trinajstić information content (AvgIpc) is 3.74. The molecule has 1 aliphatic rings. The number of carbonyl (C=O) groups is 5. The van der Waals surface area contributed by atoms with Crippen molar-refractivity contribution in [2.75, 3.05) is 37.7 Å². The van der Waals surface area contributed by atoms with E-state index in [0.717, 1.165) is 40.8 Å². The van der Waals surface area contributed by atoms with Gasteiger partial charge in [0.15, 0.2) is 0 Å². The molecule has 1 aliphatic heterocycles. The van der Waals surface area contributed by atoms with E-state index in [0.29, 0.717) is 24.1 Å². The summed E-state index contributed by atoms with van der Waals surface area (Å²) in [5.74, 6) is -3.28. The van der Waals surface area contributed by atoms with Crippen LogP contribution in [0.3, 0.4) is 0 Å². The van der Waals surface area contributed by atoms with Crippen LogP contribution >= 0.6 is 0 Å². The van der Waals surface area contributed by atoms with Crippen molar-refractivity contribution in [3.05, 3.63) is 126 Å². The number of aromatic nitrogens is 1. The Morgan fingerprint density at radius 3 is 2.32 bits per heavy atom. The minimum atomic E-state index is -1.46. The Bertz CT molecular complexity index is 2100. The lowest BCUT2D eigenvalue weighted by molar-refractivity contribution is -0.140. The van der Waals surface area contributed by atoms with Gasteiger partial charge >= 0.3 is 0 Å². The maximum absolute atomic E-state index is 15.1. The molecule has 4 amide bonds. The molecule has 294 valence electrons. The number of hydrogen-bond acceptors (Lipinski definition) is 8. The van der Waals surface area contributed by atoms with Gasteiger partial charge in [-0.2, -0.15) is 0 Å². The SMILES string of the molecule is CC(C)(C)[C@H](c1cc(-c2cc(F)ccc2F)cn1Cc1ccccc1)N(CC[C@@](N)(C=O)CNCCNC(=O)c1cccc(N2C(=O)C=CC2=O)c1)C(=O)CO. The van der Waals surface area contributed by atoms with Crippen LogP contribution in [-0.2, 0) is 25.7 Å². The minimum absolute atomic E-state index is 0.00541. The topological polar surface area (TPSA) is 167 Å². The van der Waals surface area contributed by atoms with Crippen molar-refractivity contribution in [1.29, 1.82) is 0 Å². The van der Waals surface area contributed by atoms with Crippen LogP contribution in [0.1, 0.15) is 54.8 Å². The van der Waals surface area contributed by atoms with Gasteiger partial charge < -0.3 is 35.7 Å². The lowest BCUT2D eigenvalue weighted by Crippen LogP contribution is -2.54. The number of carbonyl (C=O) groups excluding carboxylic acids is 5. The highest BCUT2D eigenvalue weighted by Gasteiger charge is 2.38.